The normalized spacial score (nSPS) is 15.9. The Kier molecular flexibility index (Phi) is 2.66. The van der Waals surface area contributed by atoms with Gasteiger partial charge in [0, 0.05) is 18.3 Å². The van der Waals surface area contributed by atoms with Crippen LogP contribution in [-0.4, -0.2) is 15.6 Å². The van der Waals surface area contributed by atoms with Gasteiger partial charge in [-0.15, -0.1) is 0 Å². The Labute approximate surface area is 112 Å². The largest absolute Gasteiger partial charge is 0.481 e. The average molecular weight is 257 g/mol. The maximum Gasteiger partial charge on any atom is 0.313 e. The minimum absolute atomic E-state index is 0.785. The first kappa shape index (κ1) is 12.3. The zero-order chi connectivity index (χ0) is 13.6. The molecule has 0 spiro atoms. The Balaban J connectivity index is 2.05. The number of fused-ring (bicyclic) bond motifs is 1. The van der Waals surface area contributed by atoms with Gasteiger partial charge in [0.25, 0.3) is 0 Å². The maximum atomic E-state index is 11.4. The van der Waals surface area contributed by atoms with E-state index in [0.717, 1.165) is 23.5 Å². The number of carbonyl (C=O) groups is 1. The van der Waals surface area contributed by atoms with Crippen molar-refractivity contribution >= 4 is 16.9 Å². The number of hydrogen-bond donors (Lipinski definition) is 1. The molecule has 2 aromatic rings. The summed E-state index contributed by atoms with van der Waals surface area (Å²) in [4.78, 5) is 11.4. The van der Waals surface area contributed by atoms with Crippen LogP contribution in [0.5, 0.6) is 0 Å². The van der Waals surface area contributed by atoms with Crippen molar-refractivity contribution in [2.45, 2.75) is 38.6 Å². The van der Waals surface area contributed by atoms with Gasteiger partial charge in [0.05, 0.1) is 5.41 Å². The lowest BCUT2D eigenvalue weighted by molar-refractivity contribution is -0.142. The minimum Gasteiger partial charge on any atom is -0.481 e. The van der Waals surface area contributed by atoms with Gasteiger partial charge in [-0.3, -0.25) is 4.79 Å². The number of carboxylic acids is 1. The molecule has 3 nitrogen and oxygen atoms in total. The molecule has 1 aromatic heterocycles. The van der Waals surface area contributed by atoms with Crippen LogP contribution in [0.3, 0.4) is 0 Å². The van der Waals surface area contributed by atoms with E-state index in [1.165, 1.54) is 18.2 Å². The van der Waals surface area contributed by atoms with Crippen LogP contribution in [0.15, 0.2) is 30.5 Å². The number of aromatic nitrogens is 1. The average Bonchev–Trinajstić information content (AvgIpc) is 3.09. The number of hydrogen-bond acceptors (Lipinski definition) is 1. The van der Waals surface area contributed by atoms with Crippen molar-refractivity contribution in [2.75, 3.05) is 0 Å². The second-order valence-corrected chi connectivity index (χ2v) is 6.12. The standard InChI is InChI=1S/C16H19NO2/c1-16(2,15(18)19)13-6-5-12-7-8-17(14(12)9-13)10-11-3-4-11/h5-9,11H,3-4,10H2,1-2H3,(H,18,19). The van der Waals surface area contributed by atoms with Crippen molar-refractivity contribution in [1.29, 1.82) is 0 Å². The summed E-state index contributed by atoms with van der Waals surface area (Å²) in [5.74, 6) is 0.0267. The summed E-state index contributed by atoms with van der Waals surface area (Å²) in [6.45, 7) is 4.57. The highest BCUT2D eigenvalue weighted by molar-refractivity contribution is 5.85. The Morgan fingerprint density at radius 1 is 1.37 bits per heavy atom. The Morgan fingerprint density at radius 3 is 2.74 bits per heavy atom. The highest BCUT2D eigenvalue weighted by Crippen LogP contribution is 2.33. The fraction of sp³-hybridized carbons (Fsp3) is 0.438. The molecule has 3 heteroatoms. The van der Waals surface area contributed by atoms with Crippen LogP contribution < -0.4 is 0 Å². The summed E-state index contributed by atoms with van der Waals surface area (Å²) in [5.41, 5.74) is 1.17. The molecule has 0 aliphatic heterocycles. The van der Waals surface area contributed by atoms with E-state index in [2.05, 4.69) is 16.8 Å². The van der Waals surface area contributed by atoms with Crippen LogP contribution in [-0.2, 0) is 16.8 Å². The van der Waals surface area contributed by atoms with Crippen molar-refractivity contribution in [3.8, 4) is 0 Å². The van der Waals surface area contributed by atoms with Gasteiger partial charge in [0.1, 0.15) is 0 Å². The summed E-state index contributed by atoms with van der Waals surface area (Å²) >= 11 is 0. The van der Waals surface area contributed by atoms with Crippen molar-refractivity contribution in [3.05, 3.63) is 36.0 Å². The van der Waals surface area contributed by atoms with Gasteiger partial charge < -0.3 is 9.67 Å². The van der Waals surface area contributed by atoms with Crippen molar-refractivity contribution < 1.29 is 9.90 Å². The van der Waals surface area contributed by atoms with E-state index in [4.69, 9.17) is 0 Å². The highest BCUT2D eigenvalue weighted by atomic mass is 16.4. The number of carboxylic acid groups (broad SMARTS) is 1. The molecule has 1 aliphatic carbocycles. The highest BCUT2D eigenvalue weighted by Gasteiger charge is 2.30. The summed E-state index contributed by atoms with van der Waals surface area (Å²) in [6, 6.07) is 8.10. The monoisotopic (exact) mass is 257 g/mol. The van der Waals surface area contributed by atoms with E-state index in [0.29, 0.717) is 0 Å². The van der Waals surface area contributed by atoms with Crippen LogP contribution in [0.2, 0.25) is 0 Å². The van der Waals surface area contributed by atoms with E-state index in [-0.39, 0.29) is 0 Å². The smallest absolute Gasteiger partial charge is 0.313 e. The van der Waals surface area contributed by atoms with Crippen LogP contribution in [0, 0.1) is 5.92 Å². The number of aliphatic carboxylic acids is 1. The first-order valence-corrected chi connectivity index (χ1v) is 6.81. The lowest BCUT2D eigenvalue weighted by Crippen LogP contribution is -2.28. The third-order valence-corrected chi connectivity index (χ3v) is 4.18. The minimum atomic E-state index is -0.844. The molecule has 0 atom stereocenters. The molecule has 1 heterocycles. The van der Waals surface area contributed by atoms with Crippen LogP contribution >= 0.6 is 0 Å². The van der Waals surface area contributed by atoms with E-state index in [1.54, 1.807) is 13.8 Å². The molecule has 1 aromatic carbocycles. The summed E-state index contributed by atoms with van der Waals surface area (Å²) in [6.07, 6.45) is 4.75. The Hall–Kier alpha value is -1.77. The molecule has 0 bridgehead atoms. The van der Waals surface area contributed by atoms with Crippen LogP contribution in [0.1, 0.15) is 32.3 Å². The lowest BCUT2D eigenvalue weighted by atomic mass is 9.84. The fourth-order valence-electron chi connectivity index (χ4n) is 2.43. The SMILES string of the molecule is CC(C)(C(=O)O)c1ccc2ccn(CC3CC3)c2c1. The molecule has 1 fully saturated rings. The predicted molar refractivity (Wildman–Crippen MR) is 75.3 cm³/mol. The number of benzene rings is 1. The van der Waals surface area contributed by atoms with Crippen molar-refractivity contribution in [3.63, 3.8) is 0 Å². The number of nitrogens with zero attached hydrogens (tertiary/aromatic N) is 1. The Bertz CT molecular complexity index is 635. The molecule has 0 unspecified atom stereocenters. The van der Waals surface area contributed by atoms with Gasteiger partial charge in [-0.2, -0.15) is 0 Å². The molecule has 1 saturated carbocycles. The van der Waals surface area contributed by atoms with Gasteiger partial charge in [-0.1, -0.05) is 12.1 Å². The topological polar surface area (TPSA) is 42.2 Å². The molecule has 0 amide bonds. The molecule has 0 radical (unpaired) electrons. The molecule has 0 saturated heterocycles. The second-order valence-electron chi connectivity index (χ2n) is 6.12. The fourth-order valence-corrected chi connectivity index (χ4v) is 2.43. The molecular weight excluding hydrogens is 238 g/mol. The van der Waals surface area contributed by atoms with Gasteiger partial charge in [0.15, 0.2) is 0 Å². The van der Waals surface area contributed by atoms with Crippen molar-refractivity contribution in [2.24, 2.45) is 5.92 Å². The van der Waals surface area contributed by atoms with Gasteiger partial charge in [0.2, 0.25) is 0 Å². The van der Waals surface area contributed by atoms with E-state index in [1.807, 2.05) is 18.2 Å². The van der Waals surface area contributed by atoms with Gasteiger partial charge in [-0.25, -0.2) is 0 Å². The molecule has 1 N–H and O–H groups in total. The maximum absolute atomic E-state index is 11.4. The zero-order valence-corrected chi connectivity index (χ0v) is 11.4. The molecule has 100 valence electrons. The Morgan fingerprint density at radius 2 is 2.11 bits per heavy atom. The van der Waals surface area contributed by atoms with Crippen molar-refractivity contribution in [1.82, 2.24) is 4.57 Å². The van der Waals surface area contributed by atoms with E-state index >= 15 is 0 Å². The summed E-state index contributed by atoms with van der Waals surface area (Å²) in [5, 5.41) is 10.5. The predicted octanol–water partition coefficient (Wildman–Crippen LogP) is 3.41. The second kappa shape index (κ2) is 4.12. The third kappa shape index (κ3) is 2.14. The van der Waals surface area contributed by atoms with Crippen LogP contribution in [0.25, 0.3) is 10.9 Å². The zero-order valence-electron chi connectivity index (χ0n) is 11.4. The summed E-state index contributed by atoms with van der Waals surface area (Å²) in [7, 11) is 0. The van der Waals surface area contributed by atoms with E-state index in [9.17, 15) is 9.90 Å². The lowest BCUT2D eigenvalue weighted by Gasteiger charge is -2.20. The van der Waals surface area contributed by atoms with Gasteiger partial charge in [-0.05, 0) is 55.7 Å². The van der Waals surface area contributed by atoms with E-state index < -0.39 is 11.4 Å². The molecule has 3 rings (SSSR count). The van der Waals surface area contributed by atoms with Gasteiger partial charge >= 0.3 is 5.97 Å². The quantitative estimate of drug-likeness (QED) is 0.912. The third-order valence-electron chi connectivity index (χ3n) is 4.18. The first-order chi connectivity index (χ1) is 8.98. The first-order valence-electron chi connectivity index (χ1n) is 6.81. The molecular formula is C16H19NO2. The molecule has 19 heavy (non-hydrogen) atoms. The van der Waals surface area contributed by atoms with Crippen LogP contribution in [0.4, 0.5) is 0 Å². The summed E-state index contributed by atoms with van der Waals surface area (Å²) < 4.78 is 2.26. The molecule has 1 aliphatic rings. The number of rotatable bonds is 4.